The number of aromatic nitrogens is 2. The maximum atomic E-state index is 13.4. The first kappa shape index (κ1) is 20.4. The SMILES string of the molecule is O=C(Nc1cccc(C(=O)N(Cc2ccncc2)Cc2cccnc2)c1)c1cccs1. The van der Waals surface area contributed by atoms with Crippen molar-refractivity contribution in [3.63, 3.8) is 0 Å². The summed E-state index contributed by atoms with van der Waals surface area (Å²) in [5, 5.41) is 4.71. The van der Waals surface area contributed by atoms with E-state index in [4.69, 9.17) is 0 Å². The minimum absolute atomic E-state index is 0.132. The van der Waals surface area contributed by atoms with Crippen molar-refractivity contribution in [2.45, 2.75) is 13.1 Å². The Balaban J connectivity index is 1.56. The molecule has 0 bridgehead atoms. The molecule has 0 aliphatic heterocycles. The fraction of sp³-hybridized carbons (Fsp3) is 0.0833. The third-order valence-corrected chi connectivity index (χ3v) is 5.49. The van der Waals surface area contributed by atoms with Gasteiger partial charge in [-0.25, -0.2) is 0 Å². The van der Waals surface area contributed by atoms with E-state index in [0.29, 0.717) is 29.2 Å². The van der Waals surface area contributed by atoms with Gasteiger partial charge in [-0.05, 0) is 59.0 Å². The van der Waals surface area contributed by atoms with E-state index in [9.17, 15) is 9.59 Å². The monoisotopic (exact) mass is 428 g/mol. The first-order valence-corrected chi connectivity index (χ1v) is 10.6. The average Bonchev–Trinajstić information content (AvgIpc) is 3.35. The van der Waals surface area contributed by atoms with E-state index in [1.165, 1.54) is 11.3 Å². The van der Waals surface area contributed by atoms with Crippen molar-refractivity contribution in [1.29, 1.82) is 0 Å². The summed E-state index contributed by atoms with van der Waals surface area (Å²) in [4.78, 5) is 36.3. The smallest absolute Gasteiger partial charge is 0.265 e. The lowest BCUT2D eigenvalue weighted by Crippen LogP contribution is -2.30. The highest BCUT2D eigenvalue weighted by Crippen LogP contribution is 2.18. The lowest BCUT2D eigenvalue weighted by molar-refractivity contribution is 0.0729. The Morgan fingerprint density at radius 3 is 2.45 bits per heavy atom. The molecule has 154 valence electrons. The minimum Gasteiger partial charge on any atom is -0.330 e. The first-order valence-electron chi connectivity index (χ1n) is 9.71. The summed E-state index contributed by atoms with van der Waals surface area (Å²) >= 11 is 1.37. The molecule has 4 rings (SSSR count). The number of carbonyl (C=O) groups excluding carboxylic acids is 2. The molecule has 0 radical (unpaired) electrons. The summed E-state index contributed by atoms with van der Waals surface area (Å²) in [6.45, 7) is 0.850. The second kappa shape index (κ2) is 9.77. The molecule has 0 spiro atoms. The van der Waals surface area contributed by atoms with Gasteiger partial charge in [-0.15, -0.1) is 11.3 Å². The number of thiophene rings is 1. The maximum absolute atomic E-state index is 13.4. The zero-order chi connectivity index (χ0) is 21.5. The molecular weight excluding hydrogens is 408 g/mol. The van der Waals surface area contributed by atoms with E-state index < -0.39 is 0 Å². The second-order valence-corrected chi connectivity index (χ2v) is 7.84. The van der Waals surface area contributed by atoms with Crippen LogP contribution in [0, 0.1) is 0 Å². The van der Waals surface area contributed by atoms with E-state index in [2.05, 4.69) is 15.3 Å². The molecule has 4 aromatic rings. The molecule has 31 heavy (non-hydrogen) atoms. The minimum atomic E-state index is -0.191. The largest absolute Gasteiger partial charge is 0.330 e. The van der Waals surface area contributed by atoms with Gasteiger partial charge in [-0.3, -0.25) is 19.6 Å². The highest BCUT2D eigenvalue weighted by Gasteiger charge is 2.18. The fourth-order valence-corrected chi connectivity index (χ4v) is 3.75. The van der Waals surface area contributed by atoms with Crippen LogP contribution in [0.5, 0.6) is 0 Å². The molecule has 3 aromatic heterocycles. The van der Waals surface area contributed by atoms with E-state index in [1.54, 1.807) is 60.0 Å². The van der Waals surface area contributed by atoms with Gasteiger partial charge in [-0.2, -0.15) is 0 Å². The molecular formula is C24H20N4O2S. The number of hydrogen-bond donors (Lipinski definition) is 1. The molecule has 0 unspecified atom stereocenters. The van der Waals surface area contributed by atoms with Gasteiger partial charge in [0.2, 0.25) is 0 Å². The molecule has 3 heterocycles. The quantitative estimate of drug-likeness (QED) is 0.466. The number of rotatable bonds is 7. The predicted molar refractivity (Wildman–Crippen MR) is 121 cm³/mol. The molecule has 0 aliphatic rings. The van der Waals surface area contributed by atoms with Gasteiger partial charge in [0.15, 0.2) is 0 Å². The molecule has 1 N–H and O–H groups in total. The van der Waals surface area contributed by atoms with Crippen LogP contribution in [0.4, 0.5) is 5.69 Å². The van der Waals surface area contributed by atoms with Crippen molar-refractivity contribution < 1.29 is 9.59 Å². The maximum Gasteiger partial charge on any atom is 0.265 e. The molecule has 1 aromatic carbocycles. The average molecular weight is 429 g/mol. The summed E-state index contributed by atoms with van der Waals surface area (Å²) in [6, 6.07) is 18.2. The van der Waals surface area contributed by atoms with Crippen LogP contribution in [-0.4, -0.2) is 26.7 Å². The van der Waals surface area contributed by atoms with E-state index >= 15 is 0 Å². The van der Waals surface area contributed by atoms with Gasteiger partial charge in [-0.1, -0.05) is 18.2 Å². The number of pyridine rings is 2. The molecule has 0 saturated carbocycles. The zero-order valence-electron chi connectivity index (χ0n) is 16.6. The van der Waals surface area contributed by atoms with Crippen LogP contribution in [0.15, 0.2) is 90.8 Å². The normalized spacial score (nSPS) is 10.5. The number of nitrogens with one attached hydrogen (secondary N) is 1. The Morgan fingerprint density at radius 2 is 1.71 bits per heavy atom. The summed E-state index contributed by atoms with van der Waals surface area (Å²) in [7, 11) is 0. The van der Waals surface area contributed by atoms with E-state index in [0.717, 1.165) is 11.1 Å². The lowest BCUT2D eigenvalue weighted by atomic mass is 10.1. The Bertz CT molecular complexity index is 1110. The topological polar surface area (TPSA) is 75.2 Å². The van der Waals surface area contributed by atoms with Crippen molar-refractivity contribution in [2.24, 2.45) is 0 Å². The van der Waals surface area contributed by atoms with Crippen LogP contribution in [0.3, 0.4) is 0 Å². The molecule has 0 saturated heterocycles. The summed E-state index contributed by atoms with van der Waals surface area (Å²) in [5.74, 6) is -0.323. The standard InChI is InChI=1S/C24H20N4O2S/c29-23(22-7-3-13-31-22)27-21-6-1-5-20(14-21)24(30)28(16-18-8-11-25-12-9-18)17-19-4-2-10-26-15-19/h1-15H,16-17H2,(H,27,29). The van der Waals surface area contributed by atoms with Crippen LogP contribution < -0.4 is 5.32 Å². The van der Waals surface area contributed by atoms with Crippen LogP contribution in [0.25, 0.3) is 0 Å². The number of hydrogen-bond acceptors (Lipinski definition) is 5. The Kier molecular flexibility index (Phi) is 6.44. The Morgan fingerprint density at radius 1 is 0.871 bits per heavy atom. The number of benzene rings is 1. The molecule has 7 heteroatoms. The Hall–Kier alpha value is -3.84. The summed E-state index contributed by atoms with van der Waals surface area (Å²) < 4.78 is 0. The second-order valence-electron chi connectivity index (χ2n) is 6.89. The van der Waals surface area contributed by atoms with Gasteiger partial charge in [0.25, 0.3) is 11.8 Å². The number of amides is 2. The third-order valence-electron chi connectivity index (χ3n) is 4.62. The van der Waals surface area contributed by atoms with Crippen molar-refractivity contribution >= 4 is 28.8 Å². The van der Waals surface area contributed by atoms with Crippen molar-refractivity contribution in [1.82, 2.24) is 14.9 Å². The molecule has 2 amide bonds. The summed E-state index contributed by atoms with van der Waals surface area (Å²) in [6.07, 6.45) is 6.88. The van der Waals surface area contributed by atoms with Gasteiger partial charge < -0.3 is 10.2 Å². The van der Waals surface area contributed by atoms with Crippen molar-refractivity contribution in [3.05, 3.63) is 112 Å². The van der Waals surface area contributed by atoms with Gasteiger partial charge >= 0.3 is 0 Å². The number of nitrogens with zero attached hydrogens (tertiary/aromatic N) is 3. The van der Waals surface area contributed by atoms with Crippen LogP contribution >= 0.6 is 11.3 Å². The highest BCUT2D eigenvalue weighted by atomic mass is 32.1. The van der Waals surface area contributed by atoms with Gasteiger partial charge in [0.1, 0.15) is 0 Å². The molecule has 0 fully saturated rings. The van der Waals surface area contributed by atoms with E-state index in [1.807, 2.05) is 35.7 Å². The van der Waals surface area contributed by atoms with E-state index in [-0.39, 0.29) is 11.8 Å². The zero-order valence-corrected chi connectivity index (χ0v) is 17.5. The predicted octanol–water partition coefficient (Wildman–Crippen LogP) is 4.63. The van der Waals surface area contributed by atoms with Gasteiger partial charge in [0, 0.05) is 49.1 Å². The van der Waals surface area contributed by atoms with Crippen LogP contribution in [0.1, 0.15) is 31.2 Å². The first-order chi connectivity index (χ1) is 15.2. The number of carbonyl (C=O) groups is 2. The van der Waals surface area contributed by atoms with Crippen molar-refractivity contribution in [3.8, 4) is 0 Å². The highest BCUT2D eigenvalue weighted by molar-refractivity contribution is 7.12. The molecule has 0 aliphatic carbocycles. The lowest BCUT2D eigenvalue weighted by Gasteiger charge is -2.23. The van der Waals surface area contributed by atoms with Gasteiger partial charge in [0.05, 0.1) is 4.88 Å². The summed E-state index contributed by atoms with van der Waals surface area (Å²) in [5.41, 5.74) is 3.00. The third kappa shape index (κ3) is 5.40. The fourth-order valence-electron chi connectivity index (χ4n) is 3.13. The van der Waals surface area contributed by atoms with Crippen LogP contribution in [0.2, 0.25) is 0 Å². The molecule has 6 nitrogen and oxygen atoms in total. The van der Waals surface area contributed by atoms with Crippen molar-refractivity contribution in [2.75, 3.05) is 5.32 Å². The number of anilines is 1. The van der Waals surface area contributed by atoms with Crippen LogP contribution in [-0.2, 0) is 13.1 Å². The Labute approximate surface area is 184 Å². The molecule has 0 atom stereocenters.